The summed E-state index contributed by atoms with van der Waals surface area (Å²) in [6.07, 6.45) is 0. The average molecular weight is 290 g/mol. The number of hydrogen-bond acceptors (Lipinski definition) is 4. The van der Waals surface area contributed by atoms with Gasteiger partial charge in [-0.3, -0.25) is 9.69 Å². The number of benzene rings is 1. The molecule has 1 aromatic carbocycles. The first-order chi connectivity index (χ1) is 9.85. The molecule has 0 saturated carbocycles. The van der Waals surface area contributed by atoms with Gasteiger partial charge in [0.2, 0.25) is 0 Å². The van der Waals surface area contributed by atoms with Crippen LogP contribution in [0.3, 0.4) is 0 Å². The Morgan fingerprint density at radius 2 is 1.81 bits per heavy atom. The molecule has 2 rings (SSSR count). The number of likely N-dealkylation sites (N-methyl/N-ethyl adjacent to an activating group) is 1. The van der Waals surface area contributed by atoms with Crippen LogP contribution in [0, 0.1) is 0 Å². The Kier molecular flexibility index (Phi) is 4.18. The van der Waals surface area contributed by atoms with Crippen LogP contribution in [0.15, 0.2) is 29.4 Å². The second kappa shape index (κ2) is 5.73. The van der Waals surface area contributed by atoms with Gasteiger partial charge in [-0.1, -0.05) is 17.3 Å². The summed E-state index contributed by atoms with van der Waals surface area (Å²) in [5.41, 5.74) is 6.69. The zero-order valence-corrected chi connectivity index (χ0v) is 12.7. The van der Waals surface area contributed by atoms with E-state index in [-0.39, 0.29) is 17.3 Å². The van der Waals surface area contributed by atoms with E-state index in [1.165, 1.54) is 0 Å². The molecular weight excluding hydrogens is 268 g/mol. The lowest BCUT2D eigenvalue weighted by molar-refractivity contribution is 0.0311. The van der Waals surface area contributed by atoms with Crippen LogP contribution < -0.4 is 5.73 Å². The highest BCUT2D eigenvalue weighted by molar-refractivity contribution is 5.99. The number of rotatable bonds is 2. The molecule has 1 fully saturated rings. The summed E-state index contributed by atoms with van der Waals surface area (Å²) < 4.78 is 0. The van der Waals surface area contributed by atoms with E-state index in [9.17, 15) is 4.79 Å². The zero-order chi connectivity index (χ0) is 15.6. The Morgan fingerprint density at radius 3 is 2.33 bits per heavy atom. The molecule has 0 bridgehead atoms. The van der Waals surface area contributed by atoms with Crippen LogP contribution in [0.2, 0.25) is 0 Å². The lowest BCUT2D eigenvalue weighted by Crippen LogP contribution is -2.58. The second-order valence-corrected chi connectivity index (χ2v) is 6.02. The predicted molar refractivity (Wildman–Crippen MR) is 81.6 cm³/mol. The van der Waals surface area contributed by atoms with Crippen LogP contribution in [-0.4, -0.2) is 59.0 Å². The Morgan fingerprint density at radius 1 is 1.24 bits per heavy atom. The summed E-state index contributed by atoms with van der Waals surface area (Å²) in [5.74, 6) is 0.0527. The first-order valence-electron chi connectivity index (χ1n) is 6.93. The van der Waals surface area contributed by atoms with Gasteiger partial charge < -0.3 is 15.8 Å². The molecular formula is C15H22N4O2. The lowest BCUT2D eigenvalue weighted by atomic mass is 9.99. The van der Waals surface area contributed by atoms with E-state index in [0.29, 0.717) is 17.7 Å². The van der Waals surface area contributed by atoms with E-state index in [1.54, 1.807) is 24.3 Å². The van der Waals surface area contributed by atoms with Gasteiger partial charge in [0, 0.05) is 36.3 Å². The number of amides is 1. The summed E-state index contributed by atoms with van der Waals surface area (Å²) in [6, 6.07) is 6.79. The maximum absolute atomic E-state index is 12.5. The molecule has 0 radical (unpaired) electrons. The molecule has 0 aliphatic carbocycles. The fraction of sp³-hybridized carbons (Fsp3) is 0.467. The van der Waals surface area contributed by atoms with E-state index in [0.717, 1.165) is 13.1 Å². The van der Waals surface area contributed by atoms with E-state index in [2.05, 4.69) is 31.0 Å². The van der Waals surface area contributed by atoms with Crippen molar-refractivity contribution < 1.29 is 10.0 Å². The number of piperazine rings is 1. The van der Waals surface area contributed by atoms with E-state index >= 15 is 0 Å². The summed E-state index contributed by atoms with van der Waals surface area (Å²) in [5, 5.41) is 11.6. The summed E-state index contributed by atoms with van der Waals surface area (Å²) in [7, 11) is 2.08. The Labute approximate surface area is 124 Å². The molecule has 3 N–H and O–H groups in total. The van der Waals surface area contributed by atoms with Gasteiger partial charge in [-0.2, -0.15) is 0 Å². The first kappa shape index (κ1) is 15.3. The first-order valence-corrected chi connectivity index (χ1v) is 6.93. The van der Waals surface area contributed by atoms with Gasteiger partial charge in [0.1, 0.15) is 0 Å². The number of carbonyl (C=O) groups excluding carboxylic acids is 1. The molecule has 6 nitrogen and oxygen atoms in total. The monoisotopic (exact) mass is 290 g/mol. The van der Waals surface area contributed by atoms with Crippen molar-refractivity contribution in [1.29, 1.82) is 0 Å². The summed E-state index contributed by atoms with van der Waals surface area (Å²) in [6.45, 7) is 6.55. The molecule has 1 saturated heterocycles. The van der Waals surface area contributed by atoms with Crippen molar-refractivity contribution in [3.63, 3.8) is 0 Å². The van der Waals surface area contributed by atoms with E-state index < -0.39 is 0 Å². The molecule has 0 spiro atoms. The molecule has 6 heteroatoms. The highest BCUT2D eigenvalue weighted by Gasteiger charge is 2.33. The fourth-order valence-corrected chi connectivity index (χ4v) is 2.44. The lowest BCUT2D eigenvalue weighted by Gasteiger charge is -2.45. The number of nitrogens with zero attached hydrogens (tertiary/aromatic N) is 3. The number of hydrogen-bond donors (Lipinski definition) is 2. The summed E-state index contributed by atoms with van der Waals surface area (Å²) >= 11 is 0. The van der Waals surface area contributed by atoms with E-state index in [1.807, 2.05) is 4.90 Å². The van der Waals surface area contributed by atoms with Gasteiger partial charge >= 0.3 is 0 Å². The van der Waals surface area contributed by atoms with Crippen LogP contribution in [0.4, 0.5) is 0 Å². The number of nitrogens with two attached hydrogens (primary N) is 1. The molecule has 0 atom stereocenters. The van der Waals surface area contributed by atoms with Gasteiger partial charge in [0.05, 0.1) is 0 Å². The van der Waals surface area contributed by atoms with Crippen molar-refractivity contribution in [3.05, 3.63) is 35.4 Å². The van der Waals surface area contributed by atoms with Crippen molar-refractivity contribution >= 4 is 11.7 Å². The van der Waals surface area contributed by atoms with Crippen LogP contribution in [-0.2, 0) is 0 Å². The molecule has 0 unspecified atom stereocenters. The van der Waals surface area contributed by atoms with Gasteiger partial charge in [-0.25, -0.2) is 0 Å². The van der Waals surface area contributed by atoms with Crippen molar-refractivity contribution in [3.8, 4) is 0 Å². The van der Waals surface area contributed by atoms with Crippen LogP contribution in [0.1, 0.15) is 29.8 Å². The number of oxime groups is 1. The van der Waals surface area contributed by atoms with Crippen molar-refractivity contribution in [2.24, 2.45) is 10.9 Å². The van der Waals surface area contributed by atoms with Crippen molar-refractivity contribution in [2.75, 3.05) is 26.7 Å². The molecule has 1 amide bonds. The highest BCUT2D eigenvalue weighted by atomic mass is 16.4. The molecule has 1 aliphatic heterocycles. The minimum Gasteiger partial charge on any atom is -0.409 e. The molecule has 0 aromatic heterocycles. The van der Waals surface area contributed by atoms with Crippen LogP contribution >= 0.6 is 0 Å². The van der Waals surface area contributed by atoms with Gasteiger partial charge in [0.25, 0.3) is 5.91 Å². The third-order valence-electron chi connectivity index (χ3n) is 4.14. The SMILES string of the molecule is CN1CCN(C(=O)c2ccc(C(N)=NO)cc2)CC1(C)C. The smallest absolute Gasteiger partial charge is 0.253 e. The minimum atomic E-state index is -0.0260. The van der Waals surface area contributed by atoms with Crippen LogP contribution in [0.5, 0.6) is 0 Å². The van der Waals surface area contributed by atoms with Gasteiger partial charge in [-0.05, 0) is 33.0 Å². The summed E-state index contributed by atoms with van der Waals surface area (Å²) in [4.78, 5) is 16.7. The van der Waals surface area contributed by atoms with Crippen molar-refractivity contribution in [1.82, 2.24) is 9.80 Å². The third-order valence-corrected chi connectivity index (χ3v) is 4.14. The Balaban J connectivity index is 2.14. The van der Waals surface area contributed by atoms with Gasteiger partial charge in [0.15, 0.2) is 5.84 Å². The number of carbonyl (C=O) groups is 1. The second-order valence-electron chi connectivity index (χ2n) is 6.02. The largest absolute Gasteiger partial charge is 0.409 e. The molecule has 114 valence electrons. The molecule has 1 heterocycles. The average Bonchev–Trinajstić information content (AvgIpc) is 2.48. The topological polar surface area (TPSA) is 82.2 Å². The maximum Gasteiger partial charge on any atom is 0.253 e. The quantitative estimate of drug-likeness (QED) is 0.368. The minimum absolute atomic E-state index is 0.0160. The number of amidine groups is 1. The highest BCUT2D eigenvalue weighted by Crippen LogP contribution is 2.20. The predicted octanol–water partition coefficient (Wildman–Crippen LogP) is 0.947. The fourth-order valence-electron chi connectivity index (χ4n) is 2.44. The van der Waals surface area contributed by atoms with E-state index in [4.69, 9.17) is 10.9 Å². The normalized spacial score (nSPS) is 19.6. The van der Waals surface area contributed by atoms with Crippen LogP contribution in [0.25, 0.3) is 0 Å². The van der Waals surface area contributed by atoms with Crippen molar-refractivity contribution in [2.45, 2.75) is 19.4 Å². The Bertz CT molecular complexity index is 551. The van der Waals surface area contributed by atoms with Gasteiger partial charge in [-0.15, -0.1) is 0 Å². The third kappa shape index (κ3) is 3.16. The standard InChI is InChI=1S/C15H22N4O2/c1-15(2)10-19(9-8-18(15)3)14(20)12-6-4-11(5-7-12)13(16)17-21/h4-7,21H,8-10H2,1-3H3,(H2,16,17). The zero-order valence-electron chi connectivity index (χ0n) is 12.7. The molecule has 21 heavy (non-hydrogen) atoms. The maximum atomic E-state index is 12.5. The Hall–Kier alpha value is -2.08. The molecule has 1 aromatic rings. The molecule has 1 aliphatic rings.